The van der Waals surface area contributed by atoms with Crippen molar-refractivity contribution in [3.63, 3.8) is 0 Å². The van der Waals surface area contributed by atoms with E-state index in [0.29, 0.717) is 18.4 Å². The number of nitrogens with zero attached hydrogens (tertiary/aromatic N) is 1. The minimum atomic E-state index is -1.33. The van der Waals surface area contributed by atoms with Gasteiger partial charge in [0.1, 0.15) is 11.4 Å². The van der Waals surface area contributed by atoms with Gasteiger partial charge >= 0.3 is 18.0 Å². The zero-order chi connectivity index (χ0) is 21.5. The van der Waals surface area contributed by atoms with Gasteiger partial charge in [0.25, 0.3) is 0 Å². The number of carbonyl (C=O) groups excluding carboxylic acids is 2. The quantitative estimate of drug-likeness (QED) is 0.506. The number of carbonyl (C=O) groups is 3. The standard InChI is InChI=1S/C20H30N2O6/c1-7-12(3)27-18(25)16(17(23)24)14(8-2)13-9-10-15(21-11-13)22-19(26)28-20(4,5)6/h9-12,14,16H,7-8H2,1-6H3,(H,23,24)(H,21,22,26). The summed E-state index contributed by atoms with van der Waals surface area (Å²) in [6.45, 7) is 10.6. The van der Waals surface area contributed by atoms with Crippen molar-refractivity contribution < 1.29 is 29.0 Å². The number of carboxylic acids is 1. The predicted octanol–water partition coefficient (Wildman–Crippen LogP) is 3.96. The fourth-order valence-electron chi connectivity index (χ4n) is 2.56. The molecule has 0 saturated carbocycles. The molecule has 0 radical (unpaired) electrons. The molecular weight excluding hydrogens is 364 g/mol. The number of anilines is 1. The highest BCUT2D eigenvalue weighted by molar-refractivity contribution is 5.95. The molecule has 1 amide bonds. The Labute approximate surface area is 165 Å². The van der Waals surface area contributed by atoms with Crippen LogP contribution >= 0.6 is 0 Å². The van der Waals surface area contributed by atoms with Gasteiger partial charge < -0.3 is 14.6 Å². The van der Waals surface area contributed by atoms with E-state index in [1.165, 1.54) is 6.20 Å². The summed E-state index contributed by atoms with van der Waals surface area (Å²) in [6.07, 6.45) is 1.47. The molecule has 0 aliphatic heterocycles. The molecule has 0 aliphatic rings. The van der Waals surface area contributed by atoms with E-state index in [1.54, 1.807) is 46.8 Å². The van der Waals surface area contributed by atoms with Crippen LogP contribution in [0.1, 0.15) is 65.9 Å². The molecule has 0 aliphatic carbocycles. The van der Waals surface area contributed by atoms with E-state index in [0.717, 1.165) is 0 Å². The van der Waals surface area contributed by atoms with Crippen molar-refractivity contribution in [2.24, 2.45) is 5.92 Å². The zero-order valence-electron chi connectivity index (χ0n) is 17.3. The maximum Gasteiger partial charge on any atom is 0.413 e. The van der Waals surface area contributed by atoms with Crippen LogP contribution < -0.4 is 5.32 Å². The van der Waals surface area contributed by atoms with Crippen LogP contribution in [0.15, 0.2) is 18.3 Å². The largest absolute Gasteiger partial charge is 0.481 e. The molecule has 1 heterocycles. The lowest BCUT2D eigenvalue weighted by atomic mass is 9.84. The maximum absolute atomic E-state index is 12.4. The second-order valence-corrected chi connectivity index (χ2v) is 7.59. The van der Waals surface area contributed by atoms with Gasteiger partial charge in [-0.15, -0.1) is 0 Å². The highest BCUT2D eigenvalue weighted by atomic mass is 16.6. The first-order valence-electron chi connectivity index (χ1n) is 9.37. The maximum atomic E-state index is 12.4. The molecule has 8 nitrogen and oxygen atoms in total. The van der Waals surface area contributed by atoms with E-state index in [2.05, 4.69) is 10.3 Å². The molecule has 1 rings (SSSR count). The second-order valence-electron chi connectivity index (χ2n) is 7.59. The van der Waals surface area contributed by atoms with E-state index >= 15 is 0 Å². The fraction of sp³-hybridized carbons (Fsp3) is 0.600. The highest BCUT2D eigenvalue weighted by Gasteiger charge is 2.37. The first-order chi connectivity index (χ1) is 13.0. The van der Waals surface area contributed by atoms with Crippen molar-refractivity contribution in [2.75, 3.05) is 5.32 Å². The van der Waals surface area contributed by atoms with E-state index < -0.39 is 35.5 Å². The molecule has 3 unspecified atom stereocenters. The van der Waals surface area contributed by atoms with Gasteiger partial charge in [0, 0.05) is 12.1 Å². The SMILES string of the molecule is CCC(C)OC(=O)C(C(=O)O)C(CC)c1ccc(NC(=O)OC(C)(C)C)nc1. The number of aliphatic carboxylic acids is 1. The van der Waals surface area contributed by atoms with Crippen LogP contribution in [0.2, 0.25) is 0 Å². The summed E-state index contributed by atoms with van der Waals surface area (Å²) in [5.74, 6) is -3.66. The Kier molecular flexibility index (Phi) is 8.40. The van der Waals surface area contributed by atoms with Crippen LogP contribution in [0.4, 0.5) is 10.6 Å². The topological polar surface area (TPSA) is 115 Å². The average molecular weight is 394 g/mol. The van der Waals surface area contributed by atoms with Crippen LogP contribution in [0, 0.1) is 5.92 Å². The molecule has 3 atom stereocenters. The van der Waals surface area contributed by atoms with Gasteiger partial charge in [-0.3, -0.25) is 14.9 Å². The highest BCUT2D eigenvalue weighted by Crippen LogP contribution is 2.30. The van der Waals surface area contributed by atoms with Crippen molar-refractivity contribution >= 4 is 23.8 Å². The summed E-state index contributed by atoms with van der Waals surface area (Å²) in [7, 11) is 0. The number of hydrogen-bond acceptors (Lipinski definition) is 6. The second kappa shape index (κ2) is 10.1. The molecule has 156 valence electrons. The number of esters is 1. The Hall–Kier alpha value is -2.64. The molecule has 0 fully saturated rings. The normalized spacial score (nSPS) is 14.5. The number of aromatic nitrogens is 1. The van der Waals surface area contributed by atoms with Gasteiger partial charge in [-0.2, -0.15) is 0 Å². The van der Waals surface area contributed by atoms with Gasteiger partial charge in [0.2, 0.25) is 0 Å². The fourth-order valence-corrected chi connectivity index (χ4v) is 2.56. The van der Waals surface area contributed by atoms with Crippen molar-refractivity contribution in [3.05, 3.63) is 23.9 Å². The van der Waals surface area contributed by atoms with Gasteiger partial charge in [-0.25, -0.2) is 9.78 Å². The van der Waals surface area contributed by atoms with Gasteiger partial charge in [-0.05, 0) is 52.2 Å². The molecule has 1 aromatic rings. The third-order valence-electron chi connectivity index (χ3n) is 4.10. The summed E-state index contributed by atoms with van der Waals surface area (Å²) in [5.41, 5.74) is -0.0621. The lowest BCUT2D eigenvalue weighted by Crippen LogP contribution is -2.33. The predicted molar refractivity (Wildman–Crippen MR) is 104 cm³/mol. The molecule has 28 heavy (non-hydrogen) atoms. The Bertz CT molecular complexity index is 681. The Morgan fingerprint density at radius 2 is 1.82 bits per heavy atom. The summed E-state index contributed by atoms with van der Waals surface area (Å²) in [4.78, 5) is 40.1. The first-order valence-corrected chi connectivity index (χ1v) is 9.37. The monoisotopic (exact) mass is 394 g/mol. The summed E-state index contributed by atoms with van der Waals surface area (Å²) < 4.78 is 10.4. The minimum Gasteiger partial charge on any atom is -0.481 e. The summed E-state index contributed by atoms with van der Waals surface area (Å²) >= 11 is 0. The number of amides is 1. The molecule has 0 saturated heterocycles. The number of carboxylic acid groups (broad SMARTS) is 1. The number of ether oxygens (including phenoxy) is 2. The Balaban J connectivity index is 2.96. The van der Waals surface area contributed by atoms with E-state index in [-0.39, 0.29) is 11.9 Å². The molecule has 0 aromatic carbocycles. The van der Waals surface area contributed by atoms with Gasteiger partial charge in [-0.1, -0.05) is 19.9 Å². The molecule has 8 heteroatoms. The van der Waals surface area contributed by atoms with Crippen LogP contribution in [0.3, 0.4) is 0 Å². The third-order valence-corrected chi connectivity index (χ3v) is 4.10. The first kappa shape index (κ1) is 23.4. The Morgan fingerprint density at radius 3 is 2.25 bits per heavy atom. The summed E-state index contributed by atoms with van der Waals surface area (Å²) in [5, 5.41) is 12.1. The number of hydrogen-bond donors (Lipinski definition) is 2. The van der Waals surface area contributed by atoms with Gasteiger partial charge in [0.05, 0.1) is 6.10 Å². The lowest BCUT2D eigenvalue weighted by Gasteiger charge is -2.23. The molecule has 0 spiro atoms. The molecule has 2 N–H and O–H groups in total. The average Bonchev–Trinajstić information content (AvgIpc) is 2.57. The van der Waals surface area contributed by atoms with Crippen molar-refractivity contribution in [1.82, 2.24) is 4.98 Å². The van der Waals surface area contributed by atoms with Crippen LogP contribution in [0.25, 0.3) is 0 Å². The molecule has 1 aromatic heterocycles. The van der Waals surface area contributed by atoms with Crippen LogP contribution in [-0.2, 0) is 19.1 Å². The van der Waals surface area contributed by atoms with Crippen LogP contribution in [0.5, 0.6) is 0 Å². The Morgan fingerprint density at radius 1 is 1.18 bits per heavy atom. The van der Waals surface area contributed by atoms with Crippen molar-refractivity contribution in [2.45, 2.75) is 72.0 Å². The minimum absolute atomic E-state index is 0.266. The number of pyridine rings is 1. The molecule has 0 bridgehead atoms. The van der Waals surface area contributed by atoms with Crippen molar-refractivity contribution in [3.8, 4) is 0 Å². The smallest absolute Gasteiger partial charge is 0.413 e. The zero-order valence-corrected chi connectivity index (χ0v) is 17.3. The van der Waals surface area contributed by atoms with E-state index in [1.807, 2.05) is 6.92 Å². The van der Waals surface area contributed by atoms with Gasteiger partial charge in [0.15, 0.2) is 5.92 Å². The van der Waals surface area contributed by atoms with Crippen molar-refractivity contribution in [1.29, 1.82) is 0 Å². The third kappa shape index (κ3) is 7.17. The van der Waals surface area contributed by atoms with E-state index in [4.69, 9.17) is 9.47 Å². The number of rotatable bonds is 8. The lowest BCUT2D eigenvalue weighted by molar-refractivity contribution is -0.163. The van der Waals surface area contributed by atoms with E-state index in [9.17, 15) is 19.5 Å². The summed E-state index contributed by atoms with van der Waals surface area (Å²) in [6, 6.07) is 3.18. The van der Waals surface area contributed by atoms with Crippen LogP contribution in [-0.4, -0.2) is 39.8 Å². The number of nitrogens with one attached hydrogen (secondary N) is 1. The molecular formula is C20H30N2O6.